The van der Waals surface area contributed by atoms with E-state index in [4.69, 9.17) is 4.74 Å². The van der Waals surface area contributed by atoms with E-state index in [-0.39, 0.29) is 5.91 Å². The van der Waals surface area contributed by atoms with Crippen molar-refractivity contribution in [3.05, 3.63) is 46.2 Å². The molecule has 2 aromatic rings. The summed E-state index contributed by atoms with van der Waals surface area (Å²) in [5, 5.41) is 4.50. The summed E-state index contributed by atoms with van der Waals surface area (Å²) >= 11 is 1.29. The van der Waals surface area contributed by atoms with Gasteiger partial charge in [0.1, 0.15) is 10.6 Å². The number of benzene rings is 1. The minimum absolute atomic E-state index is 0.279. The number of ether oxygens (including phenoxy) is 2. The van der Waals surface area contributed by atoms with Gasteiger partial charge in [-0.05, 0) is 29.6 Å². The first-order chi connectivity index (χ1) is 9.65. The van der Waals surface area contributed by atoms with Crippen LogP contribution in [0.15, 0.2) is 35.7 Å². The molecule has 0 aliphatic rings. The van der Waals surface area contributed by atoms with E-state index in [1.807, 2.05) is 0 Å². The maximum absolute atomic E-state index is 12.1. The number of hydrogen-bond acceptors (Lipinski definition) is 5. The molecule has 0 unspecified atom stereocenters. The van der Waals surface area contributed by atoms with Crippen LogP contribution in [0.4, 0.5) is 5.69 Å². The van der Waals surface area contributed by atoms with Crippen molar-refractivity contribution in [3.63, 3.8) is 0 Å². The monoisotopic (exact) mass is 291 g/mol. The van der Waals surface area contributed by atoms with E-state index >= 15 is 0 Å². The molecule has 1 aromatic heterocycles. The third kappa shape index (κ3) is 2.97. The molecule has 0 aliphatic heterocycles. The normalized spacial score (nSPS) is 9.90. The molecule has 1 aromatic carbocycles. The first-order valence-electron chi connectivity index (χ1n) is 5.77. The second kappa shape index (κ2) is 6.21. The van der Waals surface area contributed by atoms with Gasteiger partial charge >= 0.3 is 5.97 Å². The second-order valence-corrected chi connectivity index (χ2v) is 4.76. The Morgan fingerprint density at radius 2 is 2.00 bits per heavy atom. The van der Waals surface area contributed by atoms with Gasteiger partial charge in [-0.15, -0.1) is 11.3 Å². The number of methoxy groups -OCH3 is 2. The van der Waals surface area contributed by atoms with Crippen molar-refractivity contribution < 1.29 is 19.1 Å². The maximum Gasteiger partial charge on any atom is 0.337 e. The molecule has 104 valence electrons. The van der Waals surface area contributed by atoms with Gasteiger partial charge in [0.25, 0.3) is 5.91 Å². The van der Waals surface area contributed by atoms with Gasteiger partial charge in [-0.1, -0.05) is 6.07 Å². The largest absolute Gasteiger partial charge is 0.495 e. The zero-order valence-corrected chi connectivity index (χ0v) is 11.8. The van der Waals surface area contributed by atoms with Crippen molar-refractivity contribution >= 4 is 28.9 Å². The standard InChI is InChI=1S/C14H13NO4S/c1-18-11-6-7-20-12(11)13(16)15-10-5-3-4-9(8-10)14(17)19-2/h3-8H,1-2H3,(H,15,16). The van der Waals surface area contributed by atoms with Crippen LogP contribution in [-0.4, -0.2) is 26.1 Å². The zero-order chi connectivity index (χ0) is 14.5. The molecule has 1 heterocycles. The molecule has 0 aliphatic carbocycles. The van der Waals surface area contributed by atoms with Crippen molar-refractivity contribution in [1.29, 1.82) is 0 Å². The highest BCUT2D eigenvalue weighted by Gasteiger charge is 2.14. The Bertz CT molecular complexity index is 636. The number of hydrogen-bond donors (Lipinski definition) is 1. The van der Waals surface area contributed by atoms with Crippen LogP contribution in [0.3, 0.4) is 0 Å². The molecular weight excluding hydrogens is 278 g/mol. The highest BCUT2D eigenvalue weighted by Crippen LogP contribution is 2.25. The summed E-state index contributed by atoms with van der Waals surface area (Å²) in [5.74, 6) is -0.203. The van der Waals surface area contributed by atoms with Crippen LogP contribution < -0.4 is 10.1 Å². The molecule has 0 saturated heterocycles. The van der Waals surface area contributed by atoms with Crippen molar-refractivity contribution in [1.82, 2.24) is 0 Å². The Balaban J connectivity index is 2.18. The summed E-state index contributed by atoms with van der Waals surface area (Å²) in [6.07, 6.45) is 0. The van der Waals surface area contributed by atoms with Crippen LogP contribution in [0.1, 0.15) is 20.0 Å². The highest BCUT2D eigenvalue weighted by atomic mass is 32.1. The topological polar surface area (TPSA) is 64.6 Å². The fourth-order valence-electron chi connectivity index (χ4n) is 1.65. The van der Waals surface area contributed by atoms with Crippen molar-refractivity contribution in [2.75, 3.05) is 19.5 Å². The van der Waals surface area contributed by atoms with Crippen LogP contribution in [0.2, 0.25) is 0 Å². The van der Waals surface area contributed by atoms with Crippen molar-refractivity contribution in [2.24, 2.45) is 0 Å². The van der Waals surface area contributed by atoms with E-state index in [0.717, 1.165) is 0 Å². The minimum atomic E-state index is -0.449. The Hall–Kier alpha value is -2.34. The quantitative estimate of drug-likeness (QED) is 0.880. The van der Waals surface area contributed by atoms with Gasteiger partial charge in [-0.2, -0.15) is 0 Å². The predicted molar refractivity (Wildman–Crippen MR) is 76.6 cm³/mol. The summed E-state index contributed by atoms with van der Waals surface area (Å²) in [5.41, 5.74) is 0.900. The lowest BCUT2D eigenvalue weighted by molar-refractivity contribution is 0.0600. The molecule has 1 N–H and O–H groups in total. The van der Waals surface area contributed by atoms with Gasteiger partial charge in [0.05, 0.1) is 19.8 Å². The Morgan fingerprint density at radius 1 is 1.20 bits per heavy atom. The molecule has 0 atom stereocenters. The lowest BCUT2D eigenvalue weighted by Gasteiger charge is -2.07. The average Bonchev–Trinajstić information content (AvgIpc) is 2.95. The summed E-state index contributed by atoms with van der Waals surface area (Å²) < 4.78 is 9.73. The molecular formula is C14H13NO4S. The van der Waals surface area contributed by atoms with E-state index in [1.165, 1.54) is 25.6 Å². The Labute approximate surface area is 120 Å². The lowest BCUT2D eigenvalue weighted by Crippen LogP contribution is -2.12. The van der Waals surface area contributed by atoms with Gasteiger partial charge in [0, 0.05) is 5.69 Å². The maximum atomic E-state index is 12.1. The number of esters is 1. The van der Waals surface area contributed by atoms with Gasteiger partial charge in [0.15, 0.2) is 0 Å². The number of anilines is 1. The van der Waals surface area contributed by atoms with E-state index in [0.29, 0.717) is 21.9 Å². The van der Waals surface area contributed by atoms with E-state index in [9.17, 15) is 9.59 Å². The first-order valence-corrected chi connectivity index (χ1v) is 6.65. The highest BCUT2D eigenvalue weighted by molar-refractivity contribution is 7.12. The molecule has 20 heavy (non-hydrogen) atoms. The summed E-state index contributed by atoms with van der Waals surface area (Å²) in [6.45, 7) is 0. The van der Waals surface area contributed by atoms with E-state index in [1.54, 1.807) is 35.7 Å². The minimum Gasteiger partial charge on any atom is -0.495 e. The molecule has 5 nitrogen and oxygen atoms in total. The fraction of sp³-hybridized carbons (Fsp3) is 0.143. The van der Waals surface area contributed by atoms with Crippen LogP contribution in [0.5, 0.6) is 5.75 Å². The van der Waals surface area contributed by atoms with E-state index in [2.05, 4.69) is 10.1 Å². The Morgan fingerprint density at radius 3 is 2.70 bits per heavy atom. The molecule has 6 heteroatoms. The molecule has 1 amide bonds. The molecule has 0 bridgehead atoms. The molecule has 2 rings (SSSR count). The smallest absolute Gasteiger partial charge is 0.337 e. The fourth-order valence-corrected chi connectivity index (χ4v) is 2.41. The summed E-state index contributed by atoms with van der Waals surface area (Å²) in [6, 6.07) is 8.28. The van der Waals surface area contributed by atoms with Crippen LogP contribution in [0, 0.1) is 0 Å². The van der Waals surface area contributed by atoms with Crippen molar-refractivity contribution in [3.8, 4) is 5.75 Å². The first kappa shape index (κ1) is 14.1. The zero-order valence-electron chi connectivity index (χ0n) is 11.0. The summed E-state index contributed by atoms with van der Waals surface area (Å²) in [7, 11) is 2.82. The third-order valence-corrected chi connectivity index (χ3v) is 3.49. The number of thiophene rings is 1. The number of carbonyl (C=O) groups is 2. The molecule has 0 saturated carbocycles. The number of carbonyl (C=O) groups excluding carboxylic acids is 2. The number of amides is 1. The van der Waals surface area contributed by atoms with Gasteiger partial charge < -0.3 is 14.8 Å². The summed E-state index contributed by atoms with van der Waals surface area (Å²) in [4.78, 5) is 24.0. The second-order valence-electron chi connectivity index (χ2n) is 3.84. The van der Waals surface area contributed by atoms with Gasteiger partial charge in [-0.3, -0.25) is 4.79 Å². The van der Waals surface area contributed by atoms with Crippen LogP contribution in [0.25, 0.3) is 0 Å². The van der Waals surface area contributed by atoms with Gasteiger partial charge in [-0.25, -0.2) is 4.79 Å². The van der Waals surface area contributed by atoms with Crippen molar-refractivity contribution in [2.45, 2.75) is 0 Å². The average molecular weight is 291 g/mol. The van der Waals surface area contributed by atoms with Crippen LogP contribution in [-0.2, 0) is 4.74 Å². The molecule has 0 spiro atoms. The van der Waals surface area contributed by atoms with Gasteiger partial charge in [0.2, 0.25) is 0 Å². The third-order valence-electron chi connectivity index (χ3n) is 2.60. The number of rotatable bonds is 4. The molecule has 0 fully saturated rings. The number of nitrogens with one attached hydrogen (secondary N) is 1. The Kier molecular flexibility index (Phi) is 4.37. The predicted octanol–water partition coefficient (Wildman–Crippen LogP) is 2.80. The SMILES string of the molecule is COC(=O)c1cccc(NC(=O)c2sccc2OC)c1. The van der Waals surface area contributed by atoms with Crippen LogP contribution >= 0.6 is 11.3 Å². The lowest BCUT2D eigenvalue weighted by atomic mass is 10.2. The van der Waals surface area contributed by atoms with E-state index < -0.39 is 5.97 Å². The molecule has 0 radical (unpaired) electrons.